The summed E-state index contributed by atoms with van der Waals surface area (Å²) in [6, 6.07) is 15.9. The molecule has 4 nitrogen and oxygen atoms in total. The lowest BCUT2D eigenvalue weighted by molar-refractivity contribution is -0.121. The third-order valence-electron chi connectivity index (χ3n) is 4.30. The number of carbonyl (C=O) groups is 1. The summed E-state index contributed by atoms with van der Waals surface area (Å²) in [5.74, 6) is 1.98. The number of hydrogen-bond donors (Lipinski definition) is 1. The molecule has 1 unspecified atom stereocenters. The second-order valence-corrected chi connectivity index (χ2v) is 6.18. The van der Waals surface area contributed by atoms with Crippen molar-refractivity contribution in [3.05, 3.63) is 59.7 Å². The van der Waals surface area contributed by atoms with Crippen molar-refractivity contribution in [3.63, 3.8) is 0 Å². The fourth-order valence-corrected chi connectivity index (χ4v) is 2.71. The maximum atomic E-state index is 12.1. The van der Waals surface area contributed by atoms with Crippen molar-refractivity contribution in [2.45, 2.75) is 32.1 Å². The standard InChI is InChI=1S/C21H27NO3/c1-16(18-8-12-20(25-3)13-9-18)15-21(23)22-14-4-5-17-6-10-19(24-2)11-7-17/h6-13,16H,4-5,14-15H2,1-3H3,(H,22,23). The van der Waals surface area contributed by atoms with E-state index in [2.05, 4.69) is 24.4 Å². The molecule has 4 heteroatoms. The van der Waals surface area contributed by atoms with Gasteiger partial charge in [0.05, 0.1) is 14.2 Å². The molecule has 0 radical (unpaired) electrons. The number of aryl methyl sites for hydroxylation is 1. The van der Waals surface area contributed by atoms with E-state index in [1.807, 2.05) is 36.4 Å². The summed E-state index contributed by atoms with van der Waals surface area (Å²) in [5.41, 5.74) is 2.40. The summed E-state index contributed by atoms with van der Waals surface area (Å²) in [5, 5.41) is 3.01. The van der Waals surface area contributed by atoms with E-state index >= 15 is 0 Å². The molecule has 0 heterocycles. The van der Waals surface area contributed by atoms with Gasteiger partial charge in [-0.15, -0.1) is 0 Å². The fourth-order valence-electron chi connectivity index (χ4n) is 2.71. The highest BCUT2D eigenvalue weighted by atomic mass is 16.5. The minimum atomic E-state index is 0.0954. The number of amides is 1. The lowest BCUT2D eigenvalue weighted by atomic mass is 9.97. The Labute approximate surface area is 150 Å². The van der Waals surface area contributed by atoms with Gasteiger partial charge in [0, 0.05) is 13.0 Å². The molecular formula is C21H27NO3. The first-order valence-electron chi connectivity index (χ1n) is 8.66. The normalized spacial score (nSPS) is 11.6. The first-order chi connectivity index (χ1) is 12.1. The van der Waals surface area contributed by atoms with Crippen LogP contribution in [0.1, 0.15) is 36.8 Å². The van der Waals surface area contributed by atoms with Crippen LogP contribution in [0.25, 0.3) is 0 Å². The first kappa shape index (κ1) is 18.8. The fraction of sp³-hybridized carbons (Fsp3) is 0.381. The molecule has 1 N–H and O–H groups in total. The van der Waals surface area contributed by atoms with Gasteiger partial charge in [-0.3, -0.25) is 4.79 Å². The monoisotopic (exact) mass is 341 g/mol. The van der Waals surface area contributed by atoms with Crippen LogP contribution >= 0.6 is 0 Å². The van der Waals surface area contributed by atoms with Gasteiger partial charge in [0.25, 0.3) is 0 Å². The molecule has 2 rings (SSSR count). The van der Waals surface area contributed by atoms with E-state index in [1.165, 1.54) is 5.56 Å². The minimum Gasteiger partial charge on any atom is -0.497 e. The van der Waals surface area contributed by atoms with Crippen LogP contribution < -0.4 is 14.8 Å². The smallest absolute Gasteiger partial charge is 0.220 e. The molecule has 1 amide bonds. The van der Waals surface area contributed by atoms with Crippen molar-refractivity contribution in [1.82, 2.24) is 5.32 Å². The van der Waals surface area contributed by atoms with Gasteiger partial charge in [-0.05, 0) is 54.2 Å². The molecule has 2 aromatic rings. The summed E-state index contributed by atoms with van der Waals surface area (Å²) in [6.07, 6.45) is 2.36. The molecule has 0 aromatic heterocycles. The van der Waals surface area contributed by atoms with Crippen molar-refractivity contribution in [1.29, 1.82) is 0 Å². The third-order valence-corrected chi connectivity index (χ3v) is 4.30. The average molecular weight is 341 g/mol. The van der Waals surface area contributed by atoms with Gasteiger partial charge in [-0.25, -0.2) is 0 Å². The van der Waals surface area contributed by atoms with Crippen LogP contribution in [0.4, 0.5) is 0 Å². The quantitative estimate of drug-likeness (QED) is 0.703. The van der Waals surface area contributed by atoms with E-state index in [0.717, 1.165) is 29.9 Å². The highest BCUT2D eigenvalue weighted by Crippen LogP contribution is 2.21. The minimum absolute atomic E-state index is 0.0954. The van der Waals surface area contributed by atoms with Gasteiger partial charge in [0.2, 0.25) is 5.91 Å². The lowest BCUT2D eigenvalue weighted by Crippen LogP contribution is -2.25. The van der Waals surface area contributed by atoms with E-state index in [-0.39, 0.29) is 11.8 Å². The van der Waals surface area contributed by atoms with E-state index in [4.69, 9.17) is 9.47 Å². The van der Waals surface area contributed by atoms with Gasteiger partial charge in [-0.2, -0.15) is 0 Å². The predicted molar refractivity (Wildman–Crippen MR) is 100 cm³/mol. The molecular weight excluding hydrogens is 314 g/mol. The number of methoxy groups -OCH3 is 2. The van der Waals surface area contributed by atoms with Crippen LogP contribution in [0.2, 0.25) is 0 Å². The second kappa shape index (κ2) is 9.72. The molecule has 0 bridgehead atoms. The van der Waals surface area contributed by atoms with Crippen molar-refractivity contribution in [3.8, 4) is 11.5 Å². The van der Waals surface area contributed by atoms with Crippen LogP contribution in [0.3, 0.4) is 0 Å². The number of benzene rings is 2. The van der Waals surface area contributed by atoms with Crippen LogP contribution in [0.15, 0.2) is 48.5 Å². The molecule has 2 aromatic carbocycles. The Hall–Kier alpha value is -2.49. The Morgan fingerprint density at radius 1 is 0.960 bits per heavy atom. The van der Waals surface area contributed by atoms with Crippen LogP contribution in [0, 0.1) is 0 Å². The van der Waals surface area contributed by atoms with Crippen molar-refractivity contribution in [2.75, 3.05) is 20.8 Å². The Morgan fingerprint density at radius 2 is 1.52 bits per heavy atom. The maximum absolute atomic E-state index is 12.1. The molecule has 0 saturated carbocycles. The molecule has 0 aliphatic heterocycles. The predicted octanol–water partition coefficient (Wildman–Crippen LogP) is 3.95. The highest BCUT2D eigenvalue weighted by Gasteiger charge is 2.11. The lowest BCUT2D eigenvalue weighted by Gasteiger charge is -2.13. The van der Waals surface area contributed by atoms with Gasteiger partial charge < -0.3 is 14.8 Å². The number of rotatable bonds is 9. The van der Waals surface area contributed by atoms with Crippen molar-refractivity contribution >= 4 is 5.91 Å². The zero-order valence-corrected chi connectivity index (χ0v) is 15.2. The summed E-state index contributed by atoms with van der Waals surface area (Å²) in [6.45, 7) is 2.76. The largest absolute Gasteiger partial charge is 0.497 e. The Morgan fingerprint density at radius 3 is 2.08 bits per heavy atom. The van der Waals surface area contributed by atoms with E-state index in [0.29, 0.717) is 13.0 Å². The molecule has 25 heavy (non-hydrogen) atoms. The second-order valence-electron chi connectivity index (χ2n) is 6.18. The number of carbonyl (C=O) groups excluding carboxylic acids is 1. The maximum Gasteiger partial charge on any atom is 0.220 e. The molecule has 0 aliphatic carbocycles. The van der Waals surface area contributed by atoms with E-state index in [9.17, 15) is 4.79 Å². The van der Waals surface area contributed by atoms with Gasteiger partial charge in [0.1, 0.15) is 11.5 Å². The summed E-state index contributed by atoms with van der Waals surface area (Å²) >= 11 is 0. The SMILES string of the molecule is COc1ccc(CCCNC(=O)CC(C)c2ccc(OC)cc2)cc1. The van der Waals surface area contributed by atoms with Gasteiger partial charge >= 0.3 is 0 Å². The molecule has 0 aliphatic rings. The summed E-state index contributed by atoms with van der Waals surface area (Å²) in [7, 11) is 3.31. The van der Waals surface area contributed by atoms with Crippen molar-refractivity contribution in [2.24, 2.45) is 0 Å². The Kier molecular flexibility index (Phi) is 7.33. The summed E-state index contributed by atoms with van der Waals surface area (Å²) in [4.78, 5) is 12.1. The van der Waals surface area contributed by atoms with Gasteiger partial charge in [-0.1, -0.05) is 31.2 Å². The molecule has 0 saturated heterocycles. The molecule has 1 atom stereocenters. The van der Waals surface area contributed by atoms with E-state index < -0.39 is 0 Å². The Bertz CT molecular complexity index is 650. The molecule has 134 valence electrons. The Balaban J connectivity index is 1.68. The average Bonchev–Trinajstić information content (AvgIpc) is 2.65. The van der Waals surface area contributed by atoms with Crippen LogP contribution in [-0.2, 0) is 11.2 Å². The highest BCUT2D eigenvalue weighted by molar-refractivity contribution is 5.76. The molecule has 0 spiro atoms. The van der Waals surface area contributed by atoms with Crippen LogP contribution in [0.5, 0.6) is 11.5 Å². The number of nitrogens with one attached hydrogen (secondary N) is 1. The number of hydrogen-bond acceptors (Lipinski definition) is 3. The topological polar surface area (TPSA) is 47.6 Å². The molecule has 0 fully saturated rings. The zero-order chi connectivity index (χ0) is 18.1. The third kappa shape index (κ3) is 6.14. The zero-order valence-electron chi connectivity index (χ0n) is 15.2. The first-order valence-corrected chi connectivity index (χ1v) is 8.66. The van der Waals surface area contributed by atoms with Gasteiger partial charge in [0.15, 0.2) is 0 Å². The number of ether oxygens (including phenoxy) is 2. The van der Waals surface area contributed by atoms with Crippen molar-refractivity contribution < 1.29 is 14.3 Å². The van der Waals surface area contributed by atoms with E-state index in [1.54, 1.807) is 14.2 Å². The van der Waals surface area contributed by atoms with Crippen LogP contribution in [-0.4, -0.2) is 26.7 Å². The summed E-state index contributed by atoms with van der Waals surface area (Å²) < 4.78 is 10.3.